The monoisotopic (exact) mass is 359 g/mol. The van der Waals surface area contributed by atoms with Crippen molar-refractivity contribution >= 4 is 11.5 Å². The van der Waals surface area contributed by atoms with Gasteiger partial charge in [-0.1, -0.05) is 60.7 Å². The Morgan fingerprint density at radius 3 is 2.37 bits per heavy atom. The Morgan fingerprint density at radius 2 is 1.63 bits per heavy atom. The van der Waals surface area contributed by atoms with Crippen molar-refractivity contribution in [1.82, 2.24) is 19.8 Å². The largest absolute Gasteiger partial charge is 0.385 e. The minimum atomic E-state index is -0.899. The summed E-state index contributed by atoms with van der Waals surface area (Å²) in [6.45, 7) is 2.41. The van der Waals surface area contributed by atoms with Gasteiger partial charge in [0.2, 0.25) is 0 Å². The quantitative estimate of drug-likeness (QED) is 0.551. The molecule has 4 rings (SSSR count). The molecule has 136 valence electrons. The fourth-order valence-corrected chi connectivity index (χ4v) is 3.03. The van der Waals surface area contributed by atoms with Crippen LogP contribution in [-0.4, -0.2) is 31.5 Å². The Labute approximate surface area is 157 Å². The normalized spacial score (nSPS) is 13.4. The number of hydrogen-bond acceptors (Lipinski definition) is 5. The van der Waals surface area contributed by atoms with E-state index in [1.54, 1.807) is 4.52 Å². The first kappa shape index (κ1) is 17.2. The van der Waals surface area contributed by atoms with E-state index in [0.717, 1.165) is 11.1 Å². The molecule has 0 spiro atoms. The molecule has 1 atom stereocenters. The first-order valence-electron chi connectivity index (χ1n) is 8.93. The molecule has 0 aliphatic heterocycles. The van der Waals surface area contributed by atoms with Crippen molar-refractivity contribution in [2.45, 2.75) is 18.9 Å². The molecule has 0 aliphatic rings. The number of rotatable bonds is 6. The third-order valence-corrected chi connectivity index (χ3v) is 4.61. The Balaban J connectivity index is 1.50. The van der Waals surface area contributed by atoms with Gasteiger partial charge in [-0.3, -0.25) is 0 Å². The molecule has 0 aliphatic carbocycles. The van der Waals surface area contributed by atoms with Gasteiger partial charge < -0.3 is 10.4 Å². The first-order chi connectivity index (χ1) is 13.1. The zero-order valence-electron chi connectivity index (χ0n) is 15.1. The molecule has 0 saturated carbocycles. The van der Waals surface area contributed by atoms with Gasteiger partial charge in [0.15, 0.2) is 11.5 Å². The summed E-state index contributed by atoms with van der Waals surface area (Å²) in [5, 5.41) is 27.0. The van der Waals surface area contributed by atoms with Gasteiger partial charge in [0, 0.05) is 12.1 Å². The molecule has 2 N–H and O–H groups in total. The minimum Gasteiger partial charge on any atom is -0.385 e. The van der Waals surface area contributed by atoms with E-state index in [4.69, 9.17) is 0 Å². The number of hydrogen-bond donors (Lipinski definition) is 2. The van der Waals surface area contributed by atoms with E-state index in [-0.39, 0.29) is 0 Å². The molecule has 6 nitrogen and oxygen atoms in total. The summed E-state index contributed by atoms with van der Waals surface area (Å²) in [6, 6.07) is 23.3. The molecule has 6 heteroatoms. The van der Waals surface area contributed by atoms with Crippen LogP contribution < -0.4 is 5.32 Å². The zero-order chi connectivity index (χ0) is 18.7. The van der Waals surface area contributed by atoms with Crippen molar-refractivity contribution in [2.24, 2.45) is 0 Å². The van der Waals surface area contributed by atoms with Crippen LogP contribution in [0.5, 0.6) is 0 Å². The average Bonchev–Trinajstić information content (AvgIpc) is 3.12. The number of nitrogens with zero attached hydrogens (tertiary/aromatic N) is 4. The van der Waals surface area contributed by atoms with Gasteiger partial charge in [-0.05, 0) is 31.0 Å². The van der Waals surface area contributed by atoms with Gasteiger partial charge in [-0.25, -0.2) is 0 Å². The molecule has 2 aromatic heterocycles. The molecule has 2 heterocycles. The maximum atomic E-state index is 10.7. The van der Waals surface area contributed by atoms with Crippen LogP contribution in [0, 0.1) is 0 Å². The van der Waals surface area contributed by atoms with Crippen LogP contribution in [0.25, 0.3) is 17.0 Å². The van der Waals surface area contributed by atoms with Crippen LogP contribution in [0.3, 0.4) is 0 Å². The van der Waals surface area contributed by atoms with Crippen LogP contribution >= 0.6 is 0 Å². The number of nitrogens with one attached hydrogen (secondary N) is 1. The van der Waals surface area contributed by atoms with Gasteiger partial charge >= 0.3 is 0 Å². The summed E-state index contributed by atoms with van der Waals surface area (Å²) >= 11 is 0. The van der Waals surface area contributed by atoms with E-state index in [2.05, 4.69) is 20.6 Å². The van der Waals surface area contributed by atoms with E-state index in [9.17, 15) is 5.11 Å². The summed E-state index contributed by atoms with van der Waals surface area (Å²) in [6.07, 6.45) is 0.560. The highest BCUT2D eigenvalue weighted by Crippen LogP contribution is 2.24. The summed E-state index contributed by atoms with van der Waals surface area (Å²) in [5.41, 5.74) is 1.65. The third kappa shape index (κ3) is 3.66. The minimum absolute atomic E-state index is 0.560. The maximum absolute atomic E-state index is 10.7. The van der Waals surface area contributed by atoms with Crippen LogP contribution in [0.2, 0.25) is 0 Å². The topological polar surface area (TPSA) is 75.3 Å². The zero-order valence-corrected chi connectivity index (χ0v) is 15.1. The molecule has 27 heavy (non-hydrogen) atoms. The summed E-state index contributed by atoms with van der Waals surface area (Å²) < 4.78 is 1.73. The second kappa shape index (κ2) is 7.17. The van der Waals surface area contributed by atoms with Crippen molar-refractivity contribution in [1.29, 1.82) is 0 Å². The van der Waals surface area contributed by atoms with Crippen LogP contribution in [0.4, 0.5) is 5.82 Å². The van der Waals surface area contributed by atoms with E-state index in [1.807, 2.05) is 79.7 Å². The second-order valence-corrected chi connectivity index (χ2v) is 6.69. The molecule has 1 unspecified atom stereocenters. The van der Waals surface area contributed by atoms with Gasteiger partial charge in [0.25, 0.3) is 0 Å². The lowest BCUT2D eigenvalue weighted by atomic mass is 9.93. The Hall–Kier alpha value is -3.25. The maximum Gasteiger partial charge on any atom is 0.185 e. The van der Waals surface area contributed by atoms with Crippen molar-refractivity contribution in [2.75, 3.05) is 11.9 Å². The highest BCUT2D eigenvalue weighted by molar-refractivity contribution is 5.59. The SMILES string of the molecule is CC(O)(CCNc1ccc2nnc(-c3ccccc3)n2n1)c1ccccc1. The molecule has 2 aromatic carbocycles. The number of fused-ring (bicyclic) bond motifs is 1. The predicted molar refractivity (Wildman–Crippen MR) is 105 cm³/mol. The standard InChI is InChI=1S/C21H21N5O/c1-21(27,17-10-6-3-7-11-17)14-15-22-18-12-13-19-23-24-20(26(19)25-18)16-8-4-2-5-9-16/h2-13,27H,14-15H2,1H3,(H,22,25). The molecule has 0 radical (unpaired) electrons. The average molecular weight is 359 g/mol. The van der Waals surface area contributed by atoms with Crippen molar-refractivity contribution in [3.8, 4) is 11.4 Å². The van der Waals surface area contributed by atoms with E-state index >= 15 is 0 Å². The van der Waals surface area contributed by atoms with E-state index < -0.39 is 5.60 Å². The van der Waals surface area contributed by atoms with Crippen molar-refractivity contribution < 1.29 is 5.11 Å². The predicted octanol–water partition coefficient (Wildman–Crippen LogP) is 3.50. The Morgan fingerprint density at radius 1 is 0.926 bits per heavy atom. The van der Waals surface area contributed by atoms with Gasteiger partial charge in [0.05, 0.1) is 5.60 Å². The van der Waals surface area contributed by atoms with Crippen LogP contribution in [0.1, 0.15) is 18.9 Å². The Bertz CT molecular complexity index is 1030. The fraction of sp³-hybridized carbons (Fsp3) is 0.190. The van der Waals surface area contributed by atoms with E-state index in [0.29, 0.717) is 30.3 Å². The lowest BCUT2D eigenvalue weighted by Gasteiger charge is -2.24. The highest BCUT2D eigenvalue weighted by Gasteiger charge is 2.22. The lowest BCUT2D eigenvalue weighted by molar-refractivity contribution is 0.0515. The Kier molecular flexibility index (Phi) is 4.56. The van der Waals surface area contributed by atoms with Gasteiger partial charge in [-0.15, -0.1) is 15.3 Å². The number of anilines is 1. The van der Waals surface area contributed by atoms with Crippen LogP contribution in [-0.2, 0) is 5.60 Å². The molecular weight excluding hydrogens is 338 g/mol. The third-order valence-electron chi connectivity index (χ3n) is 4.61. The molecule has 0 fully saturated rings. The van der Waals surface area contributed by atoms with E-state index in [1.165, 1.54) is 0 Å². The molecule has 0 saturated heterocycles. The number of aliphatic hydroxyl groups is 1. The number of benzene rings is 2. The summed E-state index contributed by atoms with van der Waals surface area (Å²) in [4.78, 5) is 0. The second-order valence-electron chi connectivity index (χ2n) is 6.69. The van der Waals surface area contributed by atoms with Crippen LogP contribution in [0.15, 0.2) is 72.8 Å². The number of aromatic nitrogens is 4. The molecule has 0 amide bonds. The summed E-state index contributed by atoms with van der Waals surface area (Å²) in [5.74, 6) is 1.41. The van der Waals surface area contributed by atoms with Gasteiger partial charge in [-0.2, -0.15) is 4.52 Å². The lowest BCUT2D eigenvalue weighted by Crippen LogP contribution is -2.24. The first-order valence-corrected chi connectivity index (χ1v) is 8.93. The van der Waals surface area contributed by atoms with Crippen molar-refractivity contribution in [3.05, 3.63) is 78.4 Å². The molecule has 0 bridgehead atoms. The highest BCUT2D eigenvalue weighted by atomic mass is 16.3. The summed E-state index contributed by atoms with van der Waals surface area (Å²) in [7, 11) is 0. The van der Waals surface area contributed by atoms with Gasteiger partial charge in [0.1, 0.15) is 5.82 Å². The molecule has 4 aromatic rings. The van der Waals surface area contributed by atoms with Crippen molar-refractivity contribution in [3.63, 3.8) is 0 Å². The molecular formula is C21H21N5O. The smallest absolute Gasteiger partial charge is 0.185 e. The fourth-order valence-electron chi connectivity index (χ4n) is 3.03.